The zero-order chi connectivity index (χ0) is 74.0. The third-order valence-corrected chi connectivity index (χ3v) is 20.4. The Kier molecular flexibility index (Phi) is 25.5. The Morgan fingerprint density at radius 3 is 1.31 bits per heavy atom. The molecule has 0 unspecified atom stereocenters. The van der Waals surface area contributed by atoms with Crippen molar-refractivity contribution in [1.29, 1.82) is 0 Å². The lowest BCUT2D eigenvalue weighted by molar-refractivity contribution is 0.00578. The molecule has 0 amide bonds. The number of benzene rings is 6. The fourth-order valence-electron chi connectivity index (χ4n) is 11.0. The molecule has 1 fully saturated rings. The molecule has 4 N–H and O–H groups in total. The molecule has 12 aromatic rings. The van der Waals surface area contributed by atoms with Gasteiger partial charge in [-0.25, -0.2) is 50.3 Å². The Hall–Kier alpha value is -10.2. The molecule has 0 aliphatic carbocycles. The van der Waals surface area contributed by atoms with Crippen LogP contribution in [0.15, 0.2) is 229 Å². The van der Waals surface area contributed by atoms with Crippen molar-refractivity contribution in [3.63, 3.8) is 0 Å². The maximum Gasteiger partial charge on any atom is 0.496 e. The predicted molar refractivity (Wildman–Crippen MR) is 421 cm³/mol. The van der Waals surface area contributed by atoms with E-state index in [9.17, 15) is 16.8 Å². The quantitative estimate of drug-likeness (QED) is 0.0460. The fourth-order valence-corrected chi connectivity index (χ4v) is 14.3. The summed E-state index contributed by atoms with van der Waals surface area (Å²) < 4.78 is 97.3. The van der Waals surface area contributed by atoms with E-state index in [4.69, 9.17) is 49.9 Å². The molecule has 6 aromatic heterocycles. The van der Waals surface area contributed by atoms with Gasteiger partial charge in [-0.1, -0.05) is 160 Å². The van der Waals surface area contributed by atoms with Gasteiger partial charge >= 0.3 is 7.12 Å². The Labute approximate surface area is 627 Å². The van der Waals surface area contributed by atoms with Crippen LogP contribution in [-0.2, 0) is 55.7 Å². The standard InChI is InChI=1S/C36H36N6O4S.C23H33BN2O6S.C19H15ClN4.2CH4/c1-36(2,3)41-47(43,44)31-21-28(23-38-35(31)46-24-26-15-17-29(45-4)18-16-26)33-39-34(37-22-25-11-7-5-8-12-25)32-30(19-20-42(32)40-33)27-13-9-6-10-14-27;1-21(2,3)26-33(27,28)19-13-17(24-31-22(4,5)23(6,7)32-24)14-25-20(19)30-15-16-9-11-18(29-8)12-10-16;20-19-22-18(21-13-14-7-3-1-4-8-14)17-16(11-12-24(17)23-19)15-9-5-2-6-10-15;;/h5-21,23,41H,22,24H2,1-4H3,(H,37,39,40);9-14,26H,15H2,1-8H3;1-12H,13H2,(H,21,22,23);2*1H4. The predicted octanol–water partition coefficient (Wildman–Crippen LogP) is 15.7. The highest BCUT2D eigenvalue weighted by molar-refractivity contribution is 7.90. The monoisotopic (exact) mass is 1490 g/mol. The first-order valence-corrected chi connectivity index (χ1v) is 36.9. The molecule has 0 saturated carbocycles. The van der Waals surface area contributed by atoms with Crippen LogP contribution in [-0.4, -0.2) is 99.6 Å². The first-order chi connectivity index (χ1) is 49.5. The number of pyridine rings is 2. The summed E-state index contributed by atoms with van der Waals surface area (Å²) in [6.07, 6.45) is 6.83. The molecule has 106 heavy (non-hydrogen) atoms. The van der Waals surface area contributed by atoms with E-state index in [0.29, 0.717) is 41.5 Å². The number of fused-ring (bicyclic) bond motifs is 2. The third kappa shape index (κ3) is 20.0. The maximum absolute atomic E-state index is 13.7. The second-order valence-electron chi connectivity index (χ2n) is 27.6. The van der Waals surface area contributed by atoms with Crippen molar-refractivity contribution in [2.24, 2.45) is 0 Å². The van der Waals surface area contributed by atoms with Crippen LogP contribution >= 0.6 is 11.6 Å². The third-order valence-electron chi connectivity index (χ3n) is 16.7. The average Bonchev–Trinajstić information content (AvgIpc) is 1.48. The number of ether oxygens (including phenoxy) is 4. The van der Waals surface area contributed by atoms with Gasteiger partial charge in [0.1, 0.15) is 45.5 Å². The second-order valence-corrected chi connectivity index (χ2v) is 31.3. The number of methoxy groups -OCH3 is 2. The number of nitrogens with one attached hydrogen (secondary N) is 4. The average molecular weight is 1490 g/mol. The number of nitrogens with zero attached hydrogens (tertiary/aromatic N) is 8. The van der Waals surface area contributed by atoms with Gasteiger partial charge < -0.3 is 38.9 Å². The lowest BCUT2D eigenvalue weighted by atomic mass is 9.80. The zero-order valence-electron chi connectivity index (χ0n) is 60.0. The van der Waals surface area contributed by atoms with Gasteiger partial charge in [0.05, 0.1) is 25.4 Å². The summed E-state index contributed by atoms with van der Waals surface area (Å²) in [5.74, 6) is 3.02. The van der Waals surface area contributed by atoms with E-state index in [1.807, 2.05) is 198 Å². The number of hydrogen-bond acceptors (Lipinski definition) is 18. The number of aromatic nitrogens is 8. The molecule has 6 aromatic carbocycles. The van der Waals surface area contributed by atoms with E-state index >= 15 is 0 Å². The number of sulfonamides is 2. The van der Waals surface area contributed by atoms with Crippen molar-refractivity contribution in [2.75, 3.05) is 24.9 Å². The fraction of sp³-hybridized carbons (Fsp3) is 0.275. The Balaban J connectivity index is 0.000000193. The maximum atomic E-state index is 13.7. The molecular weight excluding hydrogens is 1400 g/mol. The van der Waals surface area contributed by atoms with Gasteiger partial charge in [0, 0.05) is 71.1 Å². The van der Waals surface area contributed by atoms with Crippen molar-refractivity contribution in [3.8, 4) is 56.9 Å². The molecule has 22 nitrogen and oxygen atoms in total. The van der Waals surface area contributed by atoms with Crippen LogP contribution in [0.3, 0.4) is 0 Å². The Bertz CT molecular complexity index is 5130. The van der Waals surface area contributed by atoms with E-state index in [0.717, 1.165) is 61.5 Å². The molecule has 1 aliphatic rings. The smallest absolute Gasteiger partial charge is 0.496 e. The van der Waals surface area contributed by atoms with Crippen molar-refractivity contribution >= 4 is 66.9 Å². The van der Waals surface area contributed by atoms with Gasteiger partial charge in [0.25, 0.3) is 0 Å². The van der Waals surface area contributed by atoms with Crippen LogP contribution < -0.4 is 44.5 Å². The van der Waals surface area contributed by atoms with Crippen molar-refractivity contribution in [1.82, 2.24) is 48.6 Å². The van der Waals surface area contributed by atoms with Gasteiger partial charge in [-0.15, -0.1) is 10.2 Å². The van der Waals surface area contributed by atoms with E-state index in [1.165, 1.54) is 30.1 Å². The molecule has 0 spiro atoms. The largest absolute Gasteiger partial charge is 0.497 e. The molecule has 0 radical (unpaired) electrons. The lowest BCUT2D eigenvalue weighted by Crippen LogP contribution is -2.41. The molecule has 26 heteroatoms. The van der Waals surface area contributed by atoms with E-state index in [-0.39, 0.29) is 54.9 Å². The van der Waals surface area contributed by atoms with E-state index in [2.05, 4.69) is 64.4 Å². The van der Waals surface area contributed by atoms with Gasteiger partial charge in [-0.2, -0.15) is 4.98 Å². The molecule has 554 valence electrons. The van der Waals surface area contributed by atoms with Crippen LogP contribution in [0.5, 0.6) is 23.3 Å². The van der Waals surface area contributed by atoms with E-state index in [1.54, 1.807) is 64.8 Å². The minimum Gasteiger partial charge on any atom is -0.497 e. The summed E-state index contributed by atoms with van der Waals surface area (Å²) in [5.41, 5.74) is 8.18. The first-order valence-electron chi connectivity index (χ1n) is 33.6. The van der Waals surface area contributed by atoms with Gasteiger partial charge in [-0.3, -0.25) is 0 Å². The number of anilines is 2. The molecule has 1 saturated heterocycles. The van der Waals surface area contributed by atoms with Crippen LogP contribution in [0.4, 0.5) is 11.6 Å². The Morgan fingerprint density at radius 1 is 0.491 bits per heavy atom. The van der Waals surface area contributed by atoms with Crippen molar-refractivity contribution in [3.05, 3.63) is 246 Å². The molecule has 7 heterocycles. The summed E-state index contributed by atoms with van der Waals surface area (Å²) in [6, 6.07) is 62.1. The topological polar surface area (TPSA) is 258 Å². The van der Waals surface area contributed by atoms with Crippen LogP contribution in [0.2, 0.25) is 5.28 Å². The molecule has 0 bridgehead atoms. The molecular formula is C80H92BClN12O10S2. The van der Waals surface area contributed by atoms with Crippen LogP contribution in [0, 0.1) is 0 Å². The van der Waals surface area contributed by atoms with Gasteiger partial charge in [-0.05, 0) is 163 Å². The lowest BCUT2D eigenvalue weighted by Gasteiger charge is -2.32. The first kappa shape index (κ1) is 79.9. The number of hydrogen-bond donors (Lipinski definition) is 4. The summed E-state index contributed by atoms with van der Waals surface area (Å²) in [5, 5.41) is 16.2. The second kappa shape index (κ2) is 33.9. The highest BCUT2D eigenvalue weighted by Crippen LogP contribution is 2.38. The summed E-state index contributed by atoms with van der Waals surface area (Å²) in [6.45, 7) is 19.8. The summed E-state index contributed by atoms with van der Waals surface area (Å²) in [4.78, 5) is 18.0. The van der Waals surface area contributed by atoms with Crippen molar-refractivity contribution in [2.45, 2.75) is 142 Å². The zero-order valence-corrected chi connectivity index (χ0v) is 62.4. The Morgan fingerprint density at radius 2 is 0.887 bits per heavy atom. The number of halogens is 1. The number of rotatable bonds is 22. The highest BCUT2D eigenvalue weighted by atomic mass is 35.5. The van der Waals surface area contributed by atoms with Crippen LogP contribution in [0.1, 0.15) is 106 Å². The molecule has 13 rings (SSSR count). The SMILES string of the molecule is C.C.COc1ccc(COc2ncc(-c3nc(NCc4ccccc4)c4c(-c5ccccc5)ccn4n3)cc2S(=O)(=O)NC(C)(C)C)cc1.COc1ccc(COc2ncc(B3OC(C)(C)C(C)(C)O3)cc2S(=O)(=O)NC(C)(C)C)cc1.Clc1nc(NCc2ccccc2)c2c(-c3ccccc3)ccn2n1. The van der Waals surface area contributed by atoms with Gasteiger partial charge in [0.2, 0.25) is 37.1 Å². The minimum absolute atomic E-state index is 0. The van der Waals surface area contributed by atoms with E-state index < -0.39 is 49.4 Å². The normalized spacial score (nSPS) is 13.2. The molecule has 1 aliphatic heterocycles. The summed E-state index contributed by atoms with van der Waals surface area (Å²) in [7, 11) is -5.56. The van der Waals surface area contributed by atoms with Crippen LogP contribution in [0.25, 0.3) is 44.7 Å². The summed E-state index contributed by atoms with van der Waals surface area (Å²) >= 11 is 6.08. The molecule has 0 atom stereocenters. The highest BCUT2D eigenvalue weighted by Gasteiger charge is 2.52. The van der Waals surface area contributed by atoms with Gasteiger partial charge in [0.15, 0.2) is 17.5 Å². The van der Waals surface area contributed by atoms with Crippen molar-refractivity contribution < 1.29 is 45.1 Å². The minimum atomic E-state index is -4.06.